The van der Waals surface area contributed by atoms with Crippen LogP contribution in [0.2, 0.25) is 0 Å². The lowest BCUT2D eigenvalue weighted by Gasteiger charge is -2.53. The summed E-state index contributed by atoms with van der Waals surface area (Å²) in [6.45, 7) is 13.1. The van der Waals surface area contributed by atoms with Gasteiger partial charge in [0, 0.05) is 60.8 Å². The number of pyridine rings is 1. The molecule has 3 saturated heterocycles. The number of benzene rings is 2. The van der Waals surface area contributed by atoms with Crippen molar-refractivity contribution in [1.29, 1.82) is 0 Å². The van der Waals surface area contributed by atoms with E-state index in [1.165, 1.54) is 48.0 Å². The van der Waals surface area contributed by atoms with Crippen molar-refractivity contribution in [3.05, 3.63) is 83.2 Å². The molecule has 1 spiro atoms. The van der Waals surface area contributed by atoms with Crippen molar-refractivity contribution in [3.8, 4) is 0 Å². The first-order valence-corrected chi connectivity index (χ1v) is 23.0. The van der Waals surface area contributed by atoms with Crippen molar-refractivity contribution in [2.75, 3.05) is 54.8 Å². The topological polar surface area (TPSA) is 160 Å². The highest BCUT2D eigenvalue weighted by Gasteiger charge is 2.46. The number of nitrogens with one attached hydrogen (secondary N) is 3. The van der Waals surface area contributed by atoms with Gasteiger partial charge in [-0.05, 0) is 126 Å². The highest BCUT2D eigenvalue weighted by Crippen LogP contribution is 2.54. The predicted molar refractivity (Wildman–Crippen MR) is 239 cm³/mol. The lowest BCUT2D eigenvalue weighted by Crippen LogP contribution is -2.52. The summed E-state index contributed by atoms with van der Waals surface area (Å²) in [6, 6.07) is 11.6. The molecule has 2 aromatic carbocycles. The molecule has 1 atom stereocenters. The molecule has 4 aromatic rings. The first-order chi connectivity index (χ1) is 30.4. The molecule has 5 aliphatic rings. The molecule has 2 aromatic heterocycles. The minimum atomic E-state index is -4.69. The van der Waals surface area contributed by atoms with E-state index in [9.17, 15) is 37.5 Å². The number of piperidine rings is 3. The predicted octanol–water partition coefficient (Wildman–Crippen LogP) is 7.63. The third-order valence-corrected chi connectivity index (χ3v) is 15.0. The van der Waals surface area contributed by atoms with Crippen LogP contribution in [0.15, 0.2) is 55.1 Å². The summed E-state index contributed by atoms with van der Waals surface area (Å²) in [4.78, 5) is 65.8. The van der Waals surface area contributed by atoms with E-state index in [4.69, 9.17) is 4.98 Å². The number of halogens is 3. The van der Waals surface area contributed by atoms with E-state index in [1.807, 2.05) is 18.2 Å². The van der Waals surface area contributed by atoms with Gasteiger partial charge in [-0.15, -0.1) is 0 Å². The highest BCUT2D eigenvalue weighted by atomic mass is 32.1. The van der Waals surface area contributed by atoms with Gasteiger partial charge in [0.1, 0.15) is 17.4 Å². The summed E-state index contributed by atoms with van der Waals surface area (Å²) in [5.74, 6) is -0.614. The van der Waals surface area contributed by atoms with Crippen molar-refractivity contribution in [2.24, 2.45) is 17.3 Å². The summed E-state index contributed by atoms with van der Waals surface area (Å²) in [5.41, 5.74) is 1.38. The first-order valence-electron chi connectivity index (χ1n) is 22.2. The van der Waals surface area contributed by atoms with Gasteiger partial charge in [0.2, 0.25) is 11.8 Å². The second-order valence-corrected chi connectivity index (χ2v) is 19.8. The van der Waals surface area contributed by atoms with Gasteiger partial charge in [-0.3, -0.25) is 29.4 Å². The van der Waals surface area contributed by atoms with E-state index in [0.717, 1.165) is 91.7 Å². The maximum Gasteiger partial charge on any atom is 0.433 e. The van der Waals surface area contributed by atoms with Crippen LogP contribution in [0.25, 0.3) is 15.9 Å². The average molecular weight is 899 g/mol. The van der Waals surface area contributed by atoms with Gasteiger partial charge in [0.25, 0.3) is 11.8 Å². The quantitative estimate of drug-likeness (QED) is 0.110. The number of carbonyl (C=O) groups excluding carboxylic acids is 4. The smallest absolute Gasteiger partial charge is 0.386 e. The van der Waals surface area contributed by atoms with Gasteiger partial charge in [0.05, 0.1) is 21.4 Å². The molecule has 9 rings (SSSR count). The number of amides is 4. The molecule has 4 amide bonds. The molecule has 4 fully saturated rings. The summed E-state index contributed by atoms with van der Waals surface area (Å²) >= 11 is 1.49. The third kappa shape index (κ3) is 8.73. The van der Waals surface area contributed by atoms with Crippen LogP contribution in [0.5, 0.6) is 0 Å². The van der Waals surface area contributed by atoms with Crippen molar-refractivity contribution < 1.29 is 37.5 Å². The second kappa shape index (κ2) is 16.9. The van der Waals surface area contributed by atoms with E-state index in [-0.39, 0.29) is 36.0 Å². The highest BCUT2D eigenvalue weighted by molar-refractivity contribution is 7.22. The number of likely N-dealkylation sites (tertiary alicyclic amines) is 1. The lowest BCUT2D eigenvalue weighted by molar-refractivity contribution is -0.141. The van der Waals surface area contributed by atoms with Crippen molar-refractivity contribution >= 4 is 67.4 Å². The number of imide groups is 1. The molecule has 4 N–H and O–H groups in total. The Morgan fingerprint density at radius 2 is 1.70 bits per heavy atom. The zero-order chi connectivity index (χ0) is 45.1. The lowest BCUT2D eigenvalue weighted by atomic mass is 9.57. The number of fused-ring (bicyclic) bond motifs is 2. The van der Waals surface area contributed by atoms with Gasteiger partial charge in [0.15, 0.2) is 5.13 Å². The molecule has 4 aliphatic heterocycles. The van der Waals surface area contributed by atoms with E-state index < -0.39 is 35.3 Å². The molecule has 1 saturated carbocycles. The molecule has 1 aliphatic carbocycles. The Morgan fingerprint density at radius 3 is 2.41 bits per heavy atom. The summed E-state index contributed by atoms with van der Waals surface area (Å²) in [6.07, 6.45) is 3.78. The average Bonchev–Trinajstić information content (AvgIpc) is 3.77. The Kier molecular flexibility index (Phi) is 11.6. The zero-order valence-electron chi connectivity index (χ0n) is 36.0. The number of rotatable bonds is 11. The van der Waals surface area contributed by atoms with Crippen LogP contribution in [0.3, 0.4) is 0 Å². The number of aromatic nitrogens is 2. The fourth-order valence-corrected chi connectivity index (χ4v) is 11.5. The Morgan fingerprint density at radius 1 is 0.969 bits per heavy atom. The minimum Gasteiger partial charge on any atom is -0.386 e. The van der Waals surface area contributed by atoms with Crippen LogP contribution in [-0.4, -0.2) is 93.8 Å². The molecule has 17 heteroatoms. The summed E-state index contributed by atoms with van der Waals surface area (Å²) < 4.78 is 40.6. The van der Waals surface area contributed by atoms with Gasteiger partial charge >= 0.3 is 6.18 Å². The molecular formula is C47H53F3N8O5S. The number of anilines is 3. The summed E-state index contributed by atoms with van der Waals surface area (Å²) in [7, 11) is 0. The molecule has 6 heterocycles. The SMILES string of the molecule is C=C1c2cccc(NCCC3CC4(CCN(CC5CCN(c6nc7cc(C(C)(C)O)c(NC(=O)c8cccc(C(F)(F)F)n8)cc7s6)CC5)CC4)C3)c2C(=O)N1C1CCC(=O)NC1=O. The molecular weight excluding hydrogens is 846 g/mol. The van der Waals surface area contributed by atoms with E-state index in [1.54, 1.807) is 26.0 Å². The Balaban J connectivity index is 0.730. The van der Waals surface area contributed by atoms with Crippen LogP contribution < -0.4 is 20.9 Å². The Hall–Kier alpha value is -5.39. The number of thiazole rings is 1. The number of nitrogens with zero attached hydrogens (tertiary/aromatic N) is 5. The van der Waals surface area contributed by atoms with E-state index in [0.29, 0.717) is 39.6 Å². The molecule has 1 unspecified atom stereocenters. The summed E-state index contributed by atoms with van der Waals surface area (Å²) in [5, 5.41) is 20.4. The fourth-order valence-electron chi connectivity index (χ4n) is 10.5. The van der Waals surface area contributed by atoms with Crippen LogP contribution in [0.4, 0.5) is 29.7 Å². The normalized spacial score (nSPS) is 21.1. The standard InChI is InChI=1S/C47H53F3N8O5S/c1-27-30-6-4-7-32(40(30)43(62)58(27)36-10-11-39(59)55-42(36)61)51-17-12-29-24-46(25-29)15-20-56(21-16-46)26-28-13-18-57(19-14-28)44-54-35-22-31(45(2,3)63)34(23-37(35)64-44)53-41(60)33-8-5-9-38(52-33)47(48,49)50/h4-9,22-23,28-29,36,51,63H,1,10-21,24-26H2,2-3H3,(H,53,60)(H,55,59,61). The van der Waals surface area contributed by atoms with Crippen LogP contribution in [0.1, 0.15) is 109 Å². The Bertz CT molecular complexity index is 2510. The van der Waals surface area contributed by atoms with Gasteiger partial charge in [-0.1, -0.05) is 36.1 Å². The number of aliphatic hydroxyl groups is 1. The number of carbonyl (C=O) groups is 4. The first kappa shape index (κ1) is 43.8. The largest absolute Gasteiger partial charge is 0.433 e. The monoisotopic (exact) mass is 898 g/mol. The van der Waals surface area contributed by atoms with E-state index >= 15 is 0 Å². The van der Waals surface area contributed by atoms with Crippen molar-refractivity contribution in [2.45, 2.75) is 89.5 Å². The maximum atomic E-state index is 13.6. The Labute approximate surface area is 373 Å². The van der Waals surface area contributed by atoms with Crippen LogP contribution in [0, 0.1) is 17.3 Å². The molecule has 64 heavy (non-hydrogen) atoms. The van der Waals surface area contributed by atoms with Crippen molar-refractivity contribution in [1.82, 2.24) is 25.1 Å². The van der Waals surface area contributed by atoms with Gasteiger partial charge < -0.3 is 25.5 Å². The fraction of sp³-hybridized carbons (Fsp3) is 0.489. The van der Waals surface area contributed by atoms with Crippen LogP contribution >= 0.6 is 11.3 Å². The molecule has 338 valence electrons. The van der Waals surface area contributed by atoms with Crippen LogP contribution in [-0.2, 0) is 21.4 Å². The third-order valence-electron chi connectivity index (χ3n) is 13.9. The minimum absolute atomic E-state index is 0.189. The number of hydrogen-bond donors (Lipinski definition) is 4. The second-order valence-electron chi connectivity index (χ2n) is 18.8. The zero-order valence-corrected chi connectivity index (χ0v) is 36.8. The molecule has 13 nitrogen and oxygen atoms in total. The molecule has 0 bridgehead atoms. The van der Waals surface area contributed by atoms with E-state index in [2.05, 4.69) is 37.3 Å². The van der Waals surface area contributed by atoms with Gasteiger partial charge in [-0.25, -0.2) is 9.97 Å². The maximum absolute atomic E-state index is 13.6. The number of alkyl halides is 3. The van der Waals surface area contributed by atoms with Crippen molar-refractivity contribution in [3.63, 3.8) is 0 Å². The molecule has 0 radical (unpaired) electrons. The number of hydrogen-bond acceptors (Lipinski definition) is 11. The van der Waals surface area contributed by atoms with Gasteiger partial charge in [-0.2, -0.15) is 13.2 Å².